The normalized spacial score (nSPS) is 12.9. The minimum absolute atomic E-state index is 0.00317. The molecule has 416 valence electrons. The quantitative estimate of drug-likeness (QED) is 0.0321. The van der Waals surface area contributed by atoms with Gasteiger partial charge in [0.25, 0.3) is 0 Å². The predicted molar refractivity (Wildman–Crippen MR) is 310 cm³/mol. The van der Waals surface area contributed by atoms with Gasteiger partial charge in [-0.25, -0.2) is 0 Å². The number of esters is 1. The number of ether oxygens (including phenoxy) is 1. The summed E-state index contributed by atoms with van der Waals surface area (Å²) in [5.41, 5.74) is 0. The van der Waals surface area contributed by atoms with E-state index >= 15 is 0 Å². The molecular weight excluding hydrogens is 875 g/mol. The number of amides is 1. The molecule has 2 unspecified atom stereocenters. The number of aliphatic hydroxyl groups excluding tert-OH is 2. The van der Waals surface area contributed by atoms with E-state index in [-0.39, 0.29) is 18.5 Å². The van der Waals surface area contributed by atoms with E-state index in [1.807, 2.05) is 0 Å². The van der Waals surface area contributed by atoms with Gasteiger partial charge in [0.2, 0.25) is 5.91 Å². The summed E-state index contributed by atoms with van der Waals surface area (Å²) in [6.07, 6.45) is 77.0. The lowest BCUT2D eigenvalue weighted by atomic mass is 10.0. The molecule has 0 radical (unpaired) electrons. The fourth-order valence-corrected chi connectivity index (χ4v) is 9.52. The van der Waals surface area contributed by atoms with E-state index in [9.17, 15) is 19.8 Å². The van der Waals surface area contributed by atoms with Gasteiger partial charge in [-0.2, -0.15) is 0 Å². The number of nitrogens with one attached hydrogen (secondary N) is 1. The fraction of sp³-hybridized carbons (Fsp3) is 0.846. The highest BCUT2D eigenvalue weighted by molar-refractivity contribution is 5.76. The summed E-state index contributed by atoms with van der Waals surface area (Å²) in [6.45, 7) is 4.92. The number of hydrogen-bond acceptors (Lipinski definition) is 5. The molecule has 6 nitrogen and oxygen atoms in total. The molecule has 0 aliphatic rings. The molecular formula is C65H121NO5. The summed E-state index contributed by atoms with van der Waals surface area (Å²) < 4.78 is 5.48. The molecule has 0 aliphatic heterocycles. The van der Waals surface area contributed by atoms with E-state index in [1.54, 1.807) is 0 Å². The van der Waals surface area contributed by atoms with Gasteiger partial charge in [-0.15, -0.1) is 0 Å². The van der Waals surface area contributed by atoms with Gasteiger partial charge in [-0.1, -0.05) is 274 Å². The van der Waals surface area contributed by atoms with Crippen molar-refractivity contribution in [3.05, 3.63) is 48.6 Å². The van der Waals surface area contributed by atoms with Crippen molar-refractivity contribution in [1.29, 1.82) is 0 Å². The molecule has 0 rings (SSSR count). The van der Waals surface area contributed by atoms with Gasteiger partial charge in [-0.05, 0) is 89.9 Å². The molecule has 0 aromatic rings. The van der Waals surface area contributed by atoms with Crippen molar-refractivity contribution in [3.63, 3.8) is 0 Å². The number of carbonyl (C=O) groups is 2. The van der Waals surface area contributed by atoms with Crippen molar-refractivity contribution in [2.24, 2.45) is 0 Å². The highest BCUT2D eigenvalue weighted by Gasteiger charge is 2.20. The number of rotatable bonds is 58. The molecule has 0 aromatic carbocycles. The second kappa shape index (κ2) is 60.4. The molecule has 0 saturated heterocycles. The summed E-state index contributed by atoms with van der Waals surface area (Å²) in [4.78, 5) is 24.5. The molecule has 3 N–H and O–H groups in total. The van der Waals surface area contributed by atoms with Crippen molar-refractivity contribution in [3.8, 4) is 0 Å². The summed E-state index contributed by atoms with van der Waals surface area (Å²) in [6, 6.07) is -0.543. The minimum Gasteiger partial charge on any atom is -0.466 e. The highest BCUT2D eigenvalue weighted by Crippen LogP contribution is 2.17. The molecule has 0 aromatic heterocycles. The second-order valence-electron chi connectivity index (χ2n) is 21.4. The van der Waals surface area contributed by atoms with Crippen molar-refractivity contribution >= 4 is 11.9 Å². The van der Waals surface area contributed by atoms with Crippen LogP contribution in [0.4, 0.5) is 0 Å². The maximum absolute atomic E-state index is 12.4. The molecule has 2 atom stereocenters. The Hall–Kier alpha value is -2.18. The van der Waals surface area contributed by atoms with Crippen LogP contribution in [-0.2, 0) is 14.3 Å². The molecule has 0 bridgehead atoms. The van der Waals surface area contributed by atoms with Crippen LogP contribution in [-0.4, -0.2) is 47.4 Å². The summed E-state index contributed by atoms with van der Waals surface area (Å²) in [7, 11) is 0. The smallest absolute Gasteiger partial charge is 0.305 e. The first-order valence-corrected chi connectivity index (χ1v) is 31.4. The predicted octanol–water partition coefficient (Wildman–Crippen LogP) is 19.7. The first kappa shape index (κ1) is 68.8. The number of allylic oxidation sites excluding steroid dienone is 8. The number of hydrogen-bond donors (Lipinski definition) is 3. The van der Waals surface area contributed by atoms with E-state index in [0.29, 0.717) is 25.9 Å². The van der Waals surface area contributed by atoms with Gasteiger partial charge in [0.05, 0.1) is 25.4 Å². The second-order valence-corrected chi connectivity index (χ2v) is 21.4. The molecule has 71 heavy (non-hydrogen) atoms. The SMILES string of the molecule is CCCCCC/C=C\C/C=C\CCCCCCCC(=O)OCCCCCCCCCCC/C=C\C/C=C\CCCCCCCCCCCCCC(=O)NC(CO)C(O)CCCCCCCCCCCCC. The van der Waals surface area contributed by atoms with E-state index < -0.39 is 12.1 Å². The zero-order chi connectivity index (χ0) is 51.4. The van der Waals surface area contributed by atoms with Crippen LogP contribution in [0.15, 0.2) is 48.6 Å². The third-order valence-electron chi connectivity index (χ3n) is 14.4. The maximum Gasteiger partial charge on any atom is 0.305 e. The number of aliphatic hydroxyl groups is 2. The van der Waals surface area contributed by atoms with Gasteiger partial charge >= 0.3 is 5.97 Å². The van der Waals surface area contributed by atoms with Gasteiger partial charge < -0.3 is 20.3 Å². The first-order chi connectivity index (χ1) is 35.0. The molecule has 0 spiro atoms. The fourth-order valence-electron chi connectivity index (χ4n) is 9.52. The zero-order valence-electron chi connectivity index (χ0n) is 47.5. The van der Waals surface area contributed by atoms with E-state index in [2.05, 4.69) is 67.8 Å². The van der Waals surface area contributed by atoms with Gasteiger partial charge in [-0.3, -0.25) is 9.59 Å². The number of carbonyl (C=O) groups excluding carboxylic acids is 2. The maximum atomic E-state index is 12.4. The van der Waals surface area contributed by atoms with Crippen LogP contribution in [0.5, 0.6) is 0 Å². The van der Waals surface area contributed by atoms with Crippen LogP contribution >= 0.6 is 0 Å². The Kier molecular flexibility index (Phi) is 58.5. The molecule has 0 saturated carbocycles. The van der Waals surface area contributed by atoms with Crippen LogP contribution in [0.3, 0.4) is 0 Å². The molecule has 6 heteroatoms. The van der Waals surface area contributed by atoms with E-state index in [4.69, 9.17) is 4.74 Å². The Morgan fingerprint density at radius 1 is 0.394 bits per heavy atom. The third-order valence-corrected chi connectivity index (χ3v) is 14.4. The van der Waals surface area contributed by atoms with Crippen LogP contribution in [0, 0.1) is 0 Å². The Bertz CT molecular complexity index is 1190. The van der Waals surface area contributed by atoms with Crippen LogP contribution in [0.1, 0.15) is 328 Å². The largest absolute Gasteiger partial charge is 0.466 e. The Morgan fingerprint density at radius 2 is 0.704 bits per heavy atom. The van der Waals surface area contributed by atoms with E-state index in [1.165, 1.54) is 238 Å². The van der Waals surface area contributed by atoms with Crippen molar-refractivity contribution < 1.29 is 24.5 Å². The average Bonchev–Trinajstić information content (AvgIpc) is 3.37. The molecule has 1 amide bonds. The molecule has 0 fully saturated rings. The van der Waals surface area contributed by atoms with Crippen molar-refractivity contribution in [2.45, 2.75) is 341 Å². The minimum atomic E-state index is -0.665. The molecule has 0 heterocycles. The lowest BCUT2D eigenvalue weighted by Crippen LogP contribution is -2.45. The van der Waals surface area contributed by atoms with Gasteiger partial charge in [0.15, 0.2) is 0 Å². The standard InChI is InChI=1S/C65H121NO5/c1-3-5-7-9-11-13-15-16-17-32-35-39-43-47-51-55-59-65(70)71-60-56-52-48-44-40-36-33-30-28-26-24-22-20-18-19-21-23-25-27-29-31-34-38-42-46-50-54-58-64(69)66-62(61-67)63(68)57-53-49-45-41-37-14-12-10-8-6-4-2/h13,15,17-19,22,24,32,62-63,67-68H,3-12,14,16,20-21,23,25-31,33-61H2,1-2H3,(H,66,69)/b15-13-,19-18-,24-22-,32-17-. The lowest BCUT2D eigenvalue weighted by Gasteiger charge is -2.22. The third kappa shape index (κ3) is 57.0. The summed E-state index contributed by atoms with van der Waals surface area (Å²) >= 11 is 0. The van der Waals surface area contributed by atoms with E-state index in [0.717, 1.165) is 57.8 Å². The Labute approximate surface area is 442 Å². The van der Waals surface area contributed by atoms with Gasteiger partial charge in [0.1, 0.15) is 0 Å². The highest BCUT2D eigenvalue weighted by atomic mass is 16.5. The first-order valence-electron chi connectivity index (χ1n) is 31.4. The van der Waals surface area contributed by atoms with Crippen LogP contribution in [0.25, 0.3) is 0 Å². The van der Waals surface area contributed by atoms with Crippen molar-refractivity contribution in [2.75, 3.05) is 13.2 Å². The van der Waals surface area contributed by atoms with Gasteiger partial charge in [0, 0.05) is 12.8 Å². The van der Waals surface area contributed by atoms with Crippen LogP contribution < -0.4 is 5.32 Å². The number of unbranched alkanes of at least 4 members (excludes halogenated alkanes) is 39. The molecule has 0 aliphatic carbocycles. The lowest BCUT2D eigenvalue weighted by molar-refractivity contribution is -0.143. The van der Waals surface area contributed by atoms with Crippen molar-refractivity contribution in [1.82, 2.24) is 5.32 Å². The zero-order valence-corrected chi connectivity index (χ0v) is 47.5. The van der Waals surface area contributed by atoms with Crippen LogP contribution in [0.2, 0.25) is 0 Å². The summed E-state index contributed by atoms with van der Waals surface area (Å²) in [5.74, 6) is -0.0423. The average molecular weight is 997 g/mol. The Morgan fingerprint density at radius 3 is 1.08 bits per heavy atom. The summed E-state index contributed by atoms with van der Waals surface area (Å²) in [5, 5.41) is 23.2. The topological polar surface area (TPSA) is 95.9 Å². The Balaban J connectivity index is 3.41. The monoisotopic (exact) mass is 996 g/mol.